The Bertz CT molecular complexity index is 439. The molecule has 0 aliphatic heterocycles. The molecule has 1 rings (SSSR count). The first-order valence-corrected chi connectivity index (χ1v) is 7.59. The van der Waals surface area contributed by atoms with E-state index < -0.39 is 5.97 Å². The Kier molecular flexibility index (Phi) is 7.97. The molecule has 7 heteroatoms. The van der Waals surface area contributed by atoms with E-state index in [0.29, 0.717) is 6.54 Å². The van der Waals surface area contributed by atoms with E-state index in [1.807, 2.05) is 6.07 Å². The fourth-order valence-corrected chi connectivity index (χ4v) is 2.31. The summed E-state index contributed by atoms with van der Waals surface area (Å²) in [4.78, 5) is 36.3. The molecule has 1 aliphatic carbocycles. The summed E-state index contributed by atoms with van der Waals surface area (Å²) in [6.45, 7) is -0.296. The third-order valence-corrected chi connectivity index (χ3v) is 3.72. The number of likely N-dealkylation sites (N-methyl/N-ethyl adjacent to an activating group) is 1. The SMILES string of the molecule is CN(CCC#N)C(=O)COC(=O)CNC(=O)C1CCCCC1. The number of carbonyl (C=O) groups excluding carboxylic acids is 3. The molecule has 0 heterocycles. The van der Waals surface area contributed by atoms with Gasteiger partial charge in [0.05, 0.1) is 12.5 Å². The molecular formula is C15H23N3O4. The fraction of sp³-hybridized carbons (Fsp3) is 0.733. The second-order valence-corrected chi connectivity index (χ2v) is 5.44. The van der Waals surface area contributed by atoms with Crippen LogP contribution < -0.4 is 5.32 Å². The Morgan fingerprint density at radius 2 is 1.95 bits per heavy atom. The summed E-state index contributed by atoms with van der Waals surface area (Å²) in [5, 5.41) is 11.0. The third kappa shape index (κ3) is 6.57. The van der Waals surface area contributed by atoms with Crippen LogP contribution in [0.15, 0.2) is 0 Å². The third-order valence-electron chi connectivity index (χ3n) is 3.72. The van der Waals surface area contributed by atoms with E-state index in [-0.39, 0.29) is 37.3 Å². The Balaban J connectivity index is 2.18. The standard InChI is InChI=1S/C15H23N3O4/c1-18(9-5-8-16)13(19)11-22-14(20)10-17-15(21)12-6-3-2-4-7-12/h12H,2-7,9-11H2,1H3,(H,17,21). The molecular weight excluding hydrogens is 286 g/mol. The zero-order valence-corrected chi connectivity index (χ0v) is 13.0. The number of nitrogens with zero attached hydrogens (tertiary/aromatic N) is 2. The van der Waals surface area contributed by atoms with Gasteiger partial charge < -0.3 is 15.0 Å². The predicted octanol–water partition coefficient (Wildman–Crippen LogP) is 0.598. The van der Waals surface area contributed by atoms with Gasteiger partial charge in [0.2, 0.25) is 5.91 Å². The van der Waals surface area contributed by atoms with Gasteiger partial charge in [0.15, 0.2) is 6.61 Å². The first kappa shape index (κ1) is 18.0. The van der Waals surface area contributed by atoms with Crippen LogP contribution in [-0.2, 0) is 19.1 Å². The zero-order chi connectivity index (χ0) is 16.4. The second kappa shape index (κ2) is 9.77. The molecule has 1 N–H and O–H groups in total. The van der Waals surface area contributed by atoms with Crippen LogP contribution in [0.5, 0.6) is 0 Å². The maximum absolute atomic E-state index is 11.8. The van der Waals surface area contributed by atoms with Gasteiger partial charge in [-0.1, -0.05) is 19.3 Å². The molecule has 0 radical (unpaired) electrons. The normalized spacial score (nSPS) is 14.7. The van der Waals surface area contributed by atoms with E-state index in [1.54, 1.807) is 7.05 Å². The molecule has 1 fully saturated rings. The molecule has 22 heavy (non-hydrogen) atoms. The van der Waals surface area contributed by atoms with Gasteiger partial charge in [-0.25, -0.2) is 0 Å². The summed E-state index contributed by atoms with van der Waals surface area (Å²) in [6.07, 6.45) is 5.21. The van der Waals surface area contributed by atoms with Gasteiger partial charge in [-0.2, -0.15) is 5.26 Å². The van der Waals surface area contributed by atoms with Crippen molar-refractivity contribution in [1.29, 1.82) is 5.26 Å². The first-order chi connectivity index (χ1) is 10.5. The largest absolute Gasteiger partial charge is 0.454 e. The van der Waals surface area contributed by atoms with Crippen molar-refractivity contribution in [2.45, 2.75) is 38.5 Å². The van der Waals surface area contributed by atoms with Crippen LogP contribution in [0, 0.1) is 17.2 Å². The fourth-order valence-electron chi connectivity index (χ4n) is 2.31. The summed E-state index contributed by atoms with van der Waals surface area (Å²) in [6, 6.07) is 1.93. The minimum absolute atomic E-state index is 0.0136. The van der Waals surface area contributed by atoms with Crippen LogP contribution in [0.2, 0.25) is 0 Å². The highest BCUT2D eigenvalue weighted by Gasteiger charge is 2.21. The Morgan fingerprint density at radius 3 is 2.59 bits per heavy atom. The lowest BCUT2D eigenvalue weighted by molar-refractivity contribution is -0.151. The number of hydrogen-bond acceptors (Lipinski definition) is 5. The number of amides is 2. The number of rotatable bonds is 7. The van der Waals surface area contributed by atoms with E-state index in [0.717, 1.165) is 32.1 Å². The van der Waals surface area contributed by atoms with Crippen molar-refractivity contribution in [3.05, 3.63) is 0 Å². The number of hydrogen-bond donors (Lipinski definition) is 1. The second-order valence-electron chi connectivity index (χ2n) is 5.44. The van der Waals surface area contributed by atoms with Gasteiger partial charge in [-0.15, -0.1) is 0 Å². The van der Waals surface area contributed by atoms with Gasteiger partial charge in [0, 0.05) is 19.5 Å². The monoisotopic (exact) mass is 309 g/mol. The van der Waals surface area contributed by atoms with E-state index in [9.17, 15) is 14.4 Å². The van der Waals surface area contributed by atoms with Crippen molar-refractivity contribution < 1.29 is 19.1 Å². The Hall–Kier alpha value is -2.10. The van der Waals surface area contributed by atoms with Gasteiger partial charge in [-0.05, 0) is 12.8 Å². The van der Waals surface area contributed by atoms with Crippen molar-refractivity contribution in [3.8, 4) is 6.07 Å². The van der Waals surface area contributed by atoms with Crippen LogP contribution in [0.25, 0.3) is 0 Å². The molecule has 0 atom stereocenters. The first-order valence-electron chi connectivity index (χ1n) is 7.59. The summed E-state index contributed by atoms with van der Waals surface area (Å²) >= 11 is 0. The average molecular weight is 309 g/mol. The minimum Gasteiger partial charge on any atom is -0.454 e. The maximum Gasteiger partial charge on any atom is 0.325 e. The Labute approximate surface area is 130 Å². The van der Waals surface area contributed by atoms with Crippen molar-refractivity contribution in [3.63, 3.8) is 0 Å². The van der Waals surface area contributed by atoms with Crippen molar-refractivity contribution in [2.75, 3.05) is 26.7 Å². The van der Waals surface area contributed by atoms with Crippen LogP contribution >= 0.6 is 0 Å². The van der Waals surface area contributed by atoms with Gasteiger partial charge in [0.25, 0.3) is 5.91 Å². The lowest BCUT2D eigenvalue weighted by Gasteiger charge is -2.20. The smallest absolute Gasteiger partial charge is 0.325 e. The van der Waals surface area contributed by atoms with Crippen LogP contribution in [0.4, 0.5) is 0 Å². The minimum atomic E-state index is -0.633. The number of nitrogens with one attached hydrogen (secondary N) is 1. The van der Waals surface area contributed by atoms with Gasteiger partial charge in [-0.3, -0.25) is 14.4 Å². The molecule has 7 nitrogen and oxygen atoms in total. The summed E-state index contributed by atoms with van der Waals surface area (Å²) < 4.78 is 4.81. The maximum atomic E-state index is 11.8. The number of esters is 1. The molecule has 0 aromatic heterocycles. The topological polar surface area (TPSA) is 99.5 Å². The zero-order valence-electron chi connectivity index (χ0n) is 13.0. The van der Waals surface area contributed by atoms with Crippen molar-refractivity contribution in [2.24, 2.45) is 5.92 Å². The lowest BCUT2D eigenvalue weighted by atomic mass is 9.89. The van der Waals surface area contributed by atoms with Crippen LogP contribution in [0.3, 0.4) is 0 Å². The highest BCUT2D eigenvalue weighted by atomic mass is 16.5. The van der Waals surface area contributed by atoms with Gasteiger partial charge >= 0.3 is 5.97 Å². The molecule has 0 bridgehead atoms. The molecule has 0 saturated heterocycles. The van der Waals surface area contributed by atoms with Gasteiger partial charge in [0.1, 0.15) is 6.54 Å². The lowest BCUT2D eigenvalue weighted by Crippen LogP contribution is -2.37. The molecule has 122 valence electrons. The highest BCUT2D eigenvalue weighted by molar-refractivity contribution is 5.85. The quantitative estimate of drug-likeness (QED) is 0.694. The van der Waals surface area contributed by atoms with Crippen molar-refractivity contribution >= 4 is 17.8 Å². The Morgan fingerprint density at radius 1 is 1.27 bits per heavy atom. The van der Waals surface area contributed by atoms with E-state index in [2.05, 4.69) is 5.32 Å². The molecule has 0 aromatic rings. The summed E-state index contributed by atoms with van der Waals surface area (Å²) in [5.41, 5.74) is 0. The predicted molar refractivity (Wildman–Crippen MR) is 78.4 cm³/mol. The molecule has 0 spiro atoms. The number of carbonyl (C=O) groups is 3. The summed E-state index contributed by atoms with van der Waals surface area (Å²) in [5.74, 6) is -1.14. The number of ether oxygens (including phenoxy) is 1. The van der Waals surface area contributed by atoms with Crippen LogP contribution in [-0.4, -0.2) is 49.4 Å². The average Bonchev–Trinajstić information content (AvgIpc) is 2.55. The van der Waals surface area contributed by atoms with E-state index in [4.69, 9.17) is 10.00 Å². The molecule has 0 aromatic carbocycles. The summed E-state index contributed by atoms with van der Waals surface area (Å²) in [7, 11) is 1.54. The van der Waals surface area contributed by atoms with E-state index >= 15 is 0 Å². The molecule has 1 saturated carbocycles. The highest BCUT2D eigenvalue weighted by Crippen LogP contribution is 2.23. The van der Waals surface area contributed by atoms with Crippen LogP contribution in [0.1, 0.15) is 38.5 Å². The van der Waals surface area contributed by atoms with Crippen molar-refractivity contribution in [1.82, 2.24) is 10.2 Å². The molecule has 0 unspecified atom stereocenters. The molecule has 1 aliphatic rings. The number of nitriles is 1. The molecule has 2 amide bonds. The van der Waals surface area contributed by atoms with E-state index in [1.165, 1.54) is 4.90 Å².